The van der Waals surface area contributed by atoms with E-state index >= 15 is 0 Å². The number of nitrogens with one attached hydrogen (secondary N) is 1. The van der Waals surface area contributed by atoms with Gasteiger partial charge in [-0.1, -0.05) is 13.8 Å². The maximum Gasteiger partial charge on any atom is 0.328 e. The number of halogens is 1. The van der Waals surface area contributed by atoms with Gasteiger partial charge >= 0.3 is 5.97 Å². The van der Waals surface area contributed by atoms with Crippen LogP contribution in [-0.2, 0) is 9.53 Å². The number of methoxy groups -OCH3 is 1. The van der Waals surface area contributed by atoms with Crippen LogP contribution in [0.2, 0.25) is 0 Å². The van der Waals surface area contributed by atoms with Gasteiger partial charge in [0.05, 0.1) is 24.6 Å². The topological polar surface area (TPSA) is 73.6 Å². The number of carbonyl (C=O) groups excluding carboxylic acids is 1. The van der Waals surface area contributed by atoms with Crippen LogP contribution in [0, 0.1) is 11.7 Å². The standard InChI is InChI=1S/C15H23FN2O3/c1-8(2)14(15(19)20-5)18-12-7-13(21-9(3)4)10(16)6-11(12)17/h6-9,14,18H,17H2,1-5H3. The van der Waals surface area contributed by atoms with E-state index in [-0.39, 0.29) is 23.5 Å². The molecule has 0 bridgehead atoms. The number of benzene rings is 1. The Morgan fingerprint density at radius 3 is 2.38 bits per heavy atom. The van der Waals surface area contributed by atoms with E-state index in [0.717, 1.165) is 0 Å². The summed E-state index contributed by atoms with van der Waals surface area (Å²) in [6.45, 7) is 7.35. The normalized spacial score (nSPS) is 12.4. The number of anilines is 2. The number of carbonyl (C=O) groups is 1. The molecule has 0 saturated heterocycles. The first-order chi connectivity index (χ1) is 9.76. The third kappa shape index (κ3) is 4.51. The SMILES string of the molecule is COC(=O)C(Nc1cc(OC(C)C)c(F)cc1N)C(C)C. The minimum Gasteiger partial charge on any atom is -0.488 e. The van der Waals surface area contributed by atoms with E-state index in [1.807, 2.05) is 13.8 Å². The van der Waals surface area contributed by atoms with Gasteiger partial charge < -0.3 is 20.5 Å². The average Bonchev–Trinajstić information content (AvgIpc) is 2.38. The summed E-state index contributed by atoms with van der Waals surface area (Å²) in [5.41, 5.74) is 6.45. The molecule has 0 amide bonds. The highest BCUT2D eigenvalue weighted by Gasteiger charge is 2.24. The lowest BCUT2D eigenvalue weighted by molar-refractivity contribution is -0.142. The predicted octanol–water partition coefficient (Wildman–Crippen LogP) is 2.80. The zero-order valence-electron chi connectivity index (χ0n) is 13.1. The van der Waals surface area contributed by atoms with E-state index < -0.39 is 17.8 Å². The van der Waals surface area contributed by atoms with Gasteiger partial charge in [-0.05, 0) is 19.8 Å². The fraction of sp³-hybridized carbons (Fsp3) is 0.533. The number of esters is 1. The molecule has 0 aliphatic rings. The molecule has 0 aliphatic heterocycles. The van der Waals surface area contributed by atoms with Crippen molar-refractivity contribution >= 4 is 17.3 Å². The first-order valence-corrected chi connectivity index (χ1v) is 6.86. The maximum absolute atomic E-state index is 13.8. The summed E-state index contributed by atoms with van der Waals surface area (Å²) in [5.74, 6) is -0.864. The van der Waals surface area contributed by atoms with E-state index in [2.05, 4.69) is 5.32 Å². The molecule has 0 aromatic heterocycles. The summed E-state index contributed by atoms with van der Waals surface area (Å²) in [7, 11) is 1.32. The van der Waals surface area contributed by atoms with Gasteiger partial charge in [0.2, 0.25) is 0 Å². The summed E-state index contributed by atoms with van der Waals surface area (Å²) in [5, 5.41) is 2.99. The lowest BCUT2D eigenvalue weighted by atomic mass is 10.0. The molecule has 3 N–H and O–H groups in total. The predicted molar refractivity (Wildman–Crippen MR) is 80.8 cm³/mol. The number of hydrogen-bond donors (Lipinski definition) is 2. The Bertz CT molecular complexity index is 504. The Hall–Kier alpha value is -1.98. The van der Waals surface area contributed by atoms with Crippen molar-refractivity contribution < 1.29 is 18.7 Å². The maximum atomic E-state index is 13.8. The van der Waals surface area contributed by atoms with Gasteiger partial charge in [0.25, 0.3) is 0 Å². The lowest BCUT2D eigenvalue weighted by Crippen LogP contribution is -2.35. The van der Waals surface area contributed by atoms with Crippen molar-refractivity contribution in [3.8, 4) is 5.75 Å². The van der Waals surface area contributed by atoms with Crippen LogP contribution in [0.15, 0.2) is 12.1 Å². The molecular weight excluding hydrogens is 275 g/mol. The molecule has 1 aromatic carbocycles. The van der Waals surface area contributed by atoms with Crippen LogP contribution in [-0.4, -0.2) is 25.2 Å². The smallest absolute Gasteiger partial charge is 0.328 e. The summed E-state index contributed by atoms with van der Waals surface area (Å²) in [6.07, 6.45) is -0.169. The molecule has 0 aliphatic carbocycles. The van der Waals surface area contributed by atoms with Crippen molar-refractivity contribution in [2.24, 2.45) is 5.92 Å². The van der Waals surface area contributed by atoms with Gasteiger partial charge in [-0.2, -0.15) is 0 Å². The average molecular weight is 298 g/mol. The molecule has 5 nitrogen and oxygen atoms in total. The lowest BCUT2D eigenvalue weighted by Gasteiger charge is -2.22. The van der Waals surface area contributed by atoms with Crippen molar-refractivity contribution in [2.45, 2.75) is 39.8 Å². The molecule has 1 rings (SSSR count). The molecule has 0 radical (unpaired) electrons. The zero-order chi connectivity index (χ0) is 16.2. The van der Waals surface area contributed by atoms with E-state index in [9.17, 15) is 9.18 Å². The second-order valence-corrected chi connectivity index (χ2v) is 5.43. The van der Waals surface area contributed by atoms with E-state index in [1.165, 1.54) is 19.2 Å². The Labute approximate surface area is 124 Å². The highest BCUT2D eigenvalue weighted by atomic mass is 19.1. The third-order valence-electron chi connectivity index (χ3n) is 2.90. The molecule has 118 valence electrons. The quantitative estimate of drug-likeness (QED) is 0.624. The Balaban J connectivity index is 3.08. The van der Waals surface area contributed by atoms with Crippen LogP contribution in [0.4, 0.5) is 15.8 Å². The molecule has 1 unspecified atom stereocenters. The third-order valence-corrected chi connectivity index (χ3v) is 2.90. The summed E-state index contributed by atoms with van der Waals surface area (Å²) < 4.78 is 23.9. The fourth-order valence-electron chi connectivity index (χ4n) is 1.83. The van der Waals surface area contributed by atoms with Crippen molar-refractivity contribution in [3.05, 3.63) is 17.9 Å². The van der Waals surface area contributed by atoms with Crippen molar-refractivity contribution in [1.29, 1.82) is 0 Å². The molecular formula is C15H23FN2O3. The molecule has 1 aromatic rings. The highest BCUT2D eigenvalue weighted by molar-refractivity contribution is 5.82. The minimum atomic E-state index is -0.574. The minimum absolute atomic E-state index is 0.0172. The highest BCUT2D eigenvalue weighted by Crippen LogP contribution is 2.30. The van der Waals surface area contributed by atoms with E-state index in [1.54, 1.807) is 13.8 Å². The summed E-state index contributed by atoms with van der Waals surface area (Å²) in [6, 6.07) is 2.06. The number of hydrogen-bond acceptors (Lipinski definition) is 5. The van der Waals surface area contributed by atoms with Gasteiger partial charge in [0.1, 0.15) is 6.04 Å². The van der Waals surface area contributed by atoms with Crippen LogP contribution in [0.1, 0.15) is 27.7 Å². The molecule has 0 spiro atoms. The second-order valence-electron chi connectivity index (χ2n) is 5.43. The molecule has 6 heteroatoms. The Kier molecular flexibility index (Phi) is 5.81. The first-order valence-electron chi connectivity index (χ1n) is 6.86. The Morgan fingerprint density at radius 2 is 1.90 bits per heavy atom. The summed E-state index contributed by atoms with van der Waals surface area (Å²) >= 11 is 0. The fourth-order valence-corrected chi connectivity index (χ4v) is 1.83. The van der Waals surface area contributed by atoms with Crippen LogP contribution < -0.4 is 15.8 Å². The van der Waals surface area contributed by atoms with Crippen LogP contribution in [0.5, 0.6) is 5.75 Å². The van der Waals surface area contributed by atoms with Gasteiger partial charge in [-0.3, -0.25) is 0 Å². The monoisotopic (exact) mass is 298 g/mol. The number of ether oxygens (including phenoxy) is 2. The summed E-state index contributed by atoms with van der Waals surface area (Å²) in [4.78, 5) is 11.8. The molecule has 0 saturated carbocycles. The van der Waals surface area contributed by atoms with Crippen LogP contribution in [0.3, 0.4) is 0 Å². The van der Waals surface area contributed by atoms with Crippen molar-refractivity contribution in [3.63, 3.8) is 0 Å². The molecule has 1 atom stereocenters. The molecule has 21 heavy (non-hydrogen) atoms. The number of rotatable bonds is 6. The van der Waals surface area contributed by atoms with Gasteiger partial charge in [0.15, 0.2) is 11.6 Å². The van der Waals surface area contributed by atoms with Crippen molar-refractivity contribution in [1.82, 2.24) is 0 Å². The Morgan fingerprint density at radius 1 is 1.29 bits per heavy atom. The first kappa shape index (κ1) is 17.1. The van der Waals surface area contributed by atoms with Crippen molar-refractivity contribution in [2.75, 3.05) is 18.2 Å². The van der Waals surface area contributed by atoms with Gasteiger partial charge in [0, 0.05) is 12.1 Å². The molecule has 0 fully saturated rings. The van der Waals surface area contributed by atoms with E-state index in [0.29, 0.717) is 5.69 Å². The van der Waals surface area contributed by atoms with E-state index in [4.69, 9.17) is 15.2 Å². The van der Waals surface area contributed by atoms with Gasteiger partial charge in [-0.15, -0.1) is 0 Å². The largest absolute Gasteiger partial charge is 0.488 e. The van der Waals surface area contributed by atoms with Crippen LogP contribution in [0.25, 0.3) is 0 Å². The molecule has 0 heterocycles. The second kappa shape index (κ2) is 7.15. The van der Waals surface area contributed by atoms with Gasteiger partial charge in [-0.25, -0.2) is 9.18 Å². The zero-order valence-corrected chi connectivity index (χ0v) is 13.1. The number of nitrogens with two attached hydrogens (primary N) is 1. The van der Waals surface area contributed by atoms with Crippen LogP contribution >= 0.6 is 0 Å². The number of nitrogen functional groups attached to an aromatic ring is 1.